The van der Waals surface area contributed by atoms with Crippen molar-refractivity contribution in [1.29, 1.82) is 0 Å². The number of amides is 1. The molecule has 0 unspecified atom stereocenters. The van der Waals surface area contributed by atoms with Gasteiger partial charge in [0, 0.05) is 5.56 Å². The average Bonchev–Trinajstić information content (AvgIpc) is 2.42. The van der Waals surface area contributed by atoms with Gasteiger partial charge in [0.25, 0.3) is 5.91 Å². The summed E-state index contributed by atoms with van der Waals surface area (Å²) in [6.45, 7) is 4.94. The molecule has 1 N–H and O–H groups in total. The topological polar surface area (TPSA) is 56.8 Å². The van der Waals surface area contributed by atoms with E-state index in [1.54, 1.807) is 6.07 Å². The summed E-state index contributed by atoms with van der Waals surface area (Å²) < 4.78 is 11.1. The van der Waals surface area contributed by atoms with Gasteiger partial charge in [-0.15, -0.1) is 0 Å². The molecule has 6 heteroatoms. The van der Waals surface area contributed by atoms with Crippen LogP contribution in [-0.2, 0) is 4.84 Å². The third-order valence-electron chi connectivity index (χ3n) is 2.51. The molecule has 0 heterocycles. The van der Waals surface area contributed by atoms with Crippen LogP contribution in [0.25, 0.3) is 0 Å². The van der Waals surface area contributed by atoms with Gasteiger partial charge in [-0.25, -0.2) is 5.48 Å². The van der Waals surface area contributed by atoms with Crippen molar-refractivity contribution in [2.75, 3.05) is 20.3 Å². The molecule has 5 nitrogen and oxygen atoms in total. The molecule has 0 aromatic heterocycles. The molecule has 0 radical (unpaired) electrons. The first kappa shape index (κ1) is 16.6. The highest BCUT2D eigenvalue weighted by molar-refractivity contribution is 6.32. The first-order valence-corrected chi connectivity index (χ1v) is 6.94. The zero-order valence-corrected chi connectivity index (χ0v) is 12.8. The number of carbonyl (C=O) groups is 1. The van der Waals surface area contributed by atoms with Crippen molar-refractivity contribution < 1.29 is 19.1 Å². The van der Waals surface area contributed by atoms with E-state index in [0.29, 0.717) is 35.3 Å². The largest absolute Gasteiger partial charge is 0.490 e. The number of rotatable bonds is 8. The van der Waals surface area contributed by atoms with Crippen molar-refractivity contribution >= 4 is 17.5 Å². The van der Waals surface area contributed by atoms with E-state index in [2.05, 4.69) is 17.2 Å². The van der Waals surface area contributed by atoms with E-state index < -0.39 is 5.91 Å². The van der Waals surface area contributed by atoms with Gasteiger partial charge in [-0.1, -0.05) is 24.9 Å². The maximum atomic E-state index is 11.7. The number of hydroxylamine groups is 1. The van der Waals surface area contributed by atoms with Gasteiger partial charge in [0.15, 0.2) is 11.5 Å². The molecule has 1 amide bonds. The lowest BCUT2D eigenvalue weighted by atomic mass is 10.2. The number of nitrogens with one attached hydrogen (secondary N) is 1. The Hall–Kier alpha value is -1.46. The zero-order valence-electron chi connectivity index (χ0n) is 12.0. The predicted molar refractivity (Wildman–Crippen MR) is 77.5 cm³/mol. The Bertz CT molecular complexity index is 451. The SMILES string of the molecule is CCCCOc1c(Cl)cc(C(=O)NOC)cc1OCC. The fourth-order valence-corrected chi connectivity index (χ4v) is 1.84. The molecule has 0 aliphatic carbocycles. The molecule has 112 valence electrons. The molecule has 1 rings (SSSR count). The lowest BCUT2D eigenvalue weighted by Gasteiger charge is -2.14. The van der Waals surface area contributed by atoms with E-state index in [-0.39, 0.29) is 0 Å². The van der Waals surface area contributed by atoms with Crippen molar-refractivity contribution in [3.8, 4) is 11.5 Å². The minimum absolute atomic E-state index is 0.341. The first-order chi connectivity index (χ1) is 9.63. The molecule has 0 saturated carbocycles. The highest BCUT2D eigenvalue weighted by Gasteiger charge is 2.16. The zero-order chi connectivity index (χ0) is 15.0. The van der Waals surface area contributed by atoms with Crippen molar-refractivity contribution in [3.63, 3.8) is 0 Å². The second kappa shape index (κ2) is 8.66. The summed E-state index contributed by atoms with van der Waals surface area (Å²) in [4.78, 5) is 16.3. The van der Waals surface area contributed by atoms with Gasteiger partial charge in [0.1, 0.15) is 0 Å². The number of benzene rings is 1. The van der Waals surface area contributed by atoms with E-state index in [1.165, 1.54) is 13.2 Å². The molecule has 0 fully saturated rings. The summed E-state index contributed by atoms with van der Waals surface area (Å²) >= 11 is 6.17. The van der Waals surface area contributed by atoms with Crippen molar-refractivity contribution in [2.45, 2.75) is 26.7 Å². The highest BCUT2D eigenvalue weighted by Crippen LogP contribution is 2.36. The molecule has 1 aromatic rings. The average molecular weight is 302 g/mol. The fourth-order valence-electron chi connectivity index (χ4n) is 1.57. The number of hydrogen-bond acceptors (Lipinski definition) is 4. The lowest BCUT2D eigenvalue weighted by Crippen LogP contribution is -2.21. The van der Waals surface area contributed by atoms with Crippen molar-refractivity contribution in [2.24, 2.45) is 0 Å². The van der Waals surface area contributed by atoms with Crippen LogP contribution in [-0.4, -0.2) is 26.2 Å². The van der Waals surface area contributed by atoms with Crippen molar-refractivity contribution in [3.05, 3.63) is 22.7 Å². The normalized spacial score (nSPS) is 10.2. The second-order valence-corrected chi connectivity index (χ2v) is 4.46. The Kier molecular flexibility index (Phi) is 7.18. The summed E-state index contributed by atoms with van der Waals surface area (Å²) in [6.07, 6.45) is 1.95. The molecule has 20 heavy (non-hydrogen) atoms. The van der Waals surface area contributed by atoms with Gasteiger partial charge in [-0.2, -0.15) is 0 Å². The van der Waals surface area contributed by atoms with Crippen LogP contribution in [0.2, 0.25) is 5.02 Å². The molecule has 0 aliphatic heterocycles. The van der Waals surface area contributed by atoms with Crippen LogP contribution in [0.15, 0.2) is 12.1 Å². The smallest absolute Gasteiger partial charge is 0.275 e. The number of ether oxygens (including phenoxy) is 2. The molecule has 0 saturated heterocycles. The van der Waals surface area contributed by atoms with Gasteiger partial charge in [0.05, 0.1) is 25.3 Å². The third-order valence-corrected chi connectivity index (χ3v) is 2.79. The Morgan fingerprint density at radius 1 is 1.30 bits per heavy atom. The number of unbranched alkanes of at least 4 members (excludes halogenated alkanes) is 1. The number of carbonyl (C=O) groups excluding carboxylic acids is 1. The first-order valence-electron chi connectivity index (χ1n) is 6.56. The molecule has 1 aromatic carbocycles. The summed E-state index contributed by atoms with van der Waals surface area (Å²) in [5.41, 5.74) is 2.59. The third kappa shape index (κ3) is 4.58. The van der Waals surface area contributed by atoms with E-state index in [4.69, 9.17) is 21.1 Å². The van der Waals surface area contributed by atoms with E-state index in [9.17, 15) is 4.79 Å². The van der Waals surface area contributed by atoms with Crippen LogP contribution in [0, 0.1) is 0 Å². The fraction of sp³-hybridized carbons (Fsp3) is 0.500. The Labute approximate surface area is 124 Å². The summed E-state index contributed by atoms with van der Waals surface area (Å²) in [5, 5.41) is 0.341. The minimum Gasteiger partial charge on any atom is -0.490 e. The van der Waals surface area contributed by atoms with Crippen molar-refractivity contribution in [1.82, 2.24) is 5.48 Å². The maximum absolute atomic E-state index is 11.7. The van der Waals surface area contributed by atoms with E-state index >= 15 is 0 Å². The van der Waals surface area contributed by atoms with Crippen LogP contribution in [0.4, 0.5) is 0 Å². The van der Waals surface area contributed by atoms with Crippen LogP contribution in [0.5, 0.6) is 11.5 Å². The molecule has 0 atom stereocenters. The molecular weight excluding hydrogens is 282 g/mol. The van der Waals surface area contributed by atoms with Gasteiger partial charge in [0.2, 0.25) is 0 Å². The van der Waals surface area contributed by atoms with Gasteiger partial charge in [-0.3, -0.25) is 9.63 Å². The van der Waals surface area contributed by atoms with E-state index in [0.717, 1.165) is 12.8 Å². The Morgan fingerprint density at radius 3 is 2.65 bits per heavy atom. The summed E-state index contributed by atoms with van der Waals surface area (Å²) in [7, 11) is 1.37. The Balaban J connectivity index is 3.01. The summed E-state index contributed by atoms with van der Waals surface area (Å²) in [5.74, 6) is 0.531. The summed E-state index contributed by atoms with van der Waals surface area (Å²) in [6, 6.07) is 3.12. The number of halogens is 1. The number of hydrogen-bond donors (Lipinski definition) is 1. The molecule has 0 aliphatic rings. The monoisotopic (exact) mass is 301 g/mol. The predicted octanol–water partition coefficient (Wildman–Crippen LogP) is 3.21. The van der Waals surface area contributed by atoms with Crippen LogP contribution in [0.3, 0.4) is 0 Å². The molecule has 0 bridgehead atoms. The second-order valence-electron chi connectivity index (χ2n) is 4.06. The molecule has 0 spiro atoms. The maximum Gasteiger partial charge on any atom is 0.275 e. The van der Waals surface area contributed by atoms with Crippen LogP contribution < -0.4 is 15.0 Å². The van der Waals surface area contributed by atoms with Gasteiger partial charge >= 0.3 is 0 Å². The van der Waals surface area contributed by atoms with Crippen LogP contribution in [0.1, 0.15) is 37.0 Å². The highest BCUT2D eigenvalue weighted by atomic mass is 35.5. The van der Waals surface area contributed by atoms with Crippen LogP contribution >= 0.6 is 11.6 Å². The Morgan fingerprint density at radius 2 is 2.05 bits per heavy atom. The minimum atomic E-state index is -0.393. The van der Waals surface area contributed by atoms with E-state index in [1.807, 2.05) is 6.92 Å². The lowest BCUT2D eigenvalue weighted by molar-refractivity contribution is 0.0537. The van der Waals surface area contributed by atoms with Gasteiger partial charge in [-0.05, 0) is 25.5 Å². The quantitative estimate of drug-likeness (QED) is 0.592. The molecular formula is C14H20ClNO4. The van der Waals surface area contributed by atoms with Gasteiger partial charge < -0.3 is 9.47 Å². The standard InChI is InChI=1S/C14H20ClNO4/c1-4-6-7-20-13-11(15)8-10(14(17)16-18-3)9-12(13)19-5-2/h8-9H,4-7H2,1-3H3,(H,16,17).